The van der Waals surface area contributed by atoms with Gasteiger partial charge in [-0.15, -0.1) is 0 Å². The summed E-state index contributed by atoms with van der Waals surface area (Å²) in [5.41, 5.74) is 0. The molecule has 0 fully saturated rings. The molecule has 0 rings (SSSR count). The van der Waals surface area contributed by atoms with E-state index in [4.69, 9.17) is 4.74 Å². The van der Waals surface area contributed by atoms with Crippen molar-refractivity contribution in [1.82, 2.24) is 5.32 Å². The first kappa shape index (κ1) is 13.9. The monoisotopic (exact) mass is 201 g/mol. The third-order valence-electron chi connectivity index (χ3n) is 2.47. The predicted octanol–water partition coefficient (Wildman–Crippen LogP) is 2.97. The van der Waals surface area contributed by atoms with Crippen LogP contribution < -0.4 is 5.32 Å². The Labute approximate surface area is 89.4 Å². The molecule has 0 aromatic rings. The molecule has 0 aliphatic carbocycles. The lowest BCUT2D eigenvalue weighted by atomic mass is 10.0. The van der Waals surface area contributed by atoms with Gasteiger partial charge in [0.2, 0.25) is 0 Å². The summed E-state index contributed by atoms with van der Waals surface area (Å²) in [5, 5.41) is 3.53. The molecule has 86 valence electrons. The summed E-state index contributed by atoms with van der Waals surface area (Å²) in [4.78, 5) is 0. The number of hydrogen-bond donors (Lipinski definition) is 1. The lowest BCUT2D eigenvalue weighted by Gasteiger charge is -2.27. The second-order valence-corrected chi connectivity index (χ2v) is 3.74. The van der Waals surface area contributed by atoms with E-state index in [1.54, 1.807) is 0 Å². The standard InChI is InChI=1S/C12H27NO/c1-5-9-11(13-7-3)12(10-6-2)14-8-4/h11-13H,5-10H2,1-4H3. The molecule has 0 heterocycles. The molecule has 0 aliphatic rings. The molecule has 0 spiro atoms. The first-order valence-corrected chi connectivity index (χ1v) is 6.14. The van der Waals surface area contributed by atoms with Gasteiger partial charge in [-0.1, -0.05) is 33.6 Å². The zero-order chi connectivity index (χ0) is 10.8. The van der Waals surface area contributed by atoms with Gasteiger partial charge in [-0.3, -0.25) is 0 Å². The quantitative estimate of drug-likeness (QED) is 0.619. The third kappa shape index (κ3) is 5.61. The SMILES string of the molecule is CCCC(NCC)C(CCC)OCC. The maximum absolute atomic E-state index is 5.79. The van der Waals surface area contributed by atoms with E-state index >= 15 is 0 Å². The van der Waals surface area contributed by atoms with E-state index in [9.17, 15) is 0 Å². The normalized spacial score (nSPS) is 15.4. The Hall–Kier alpha value is -0.0800. The van der Waals surface area contributed by atoms with E-state index in [-0.39, 0.29) is 0 Å². The Morgan fingerprint density at radius 1 is 1.00 bits per heavy atom. The van der Waals surface area contributed by atoms with Gasteiger partial charge < -0.3 is 10.1 Å². The van der Waals surface area contributed by atoms with Gasteiger partial charge >= 0.3 is 0 Å². The Balaban J connectivity index is 4.06. The van der Waals surface area contributed by atoms with Gasteiger partial charge in [0.1, 0.15) is 0 Å². The molecule has 0 amide bonds. The van der Waals surface area contributed by atoms with Crippen LogP contribution in [-0.2, 0) is 4.74 Å². The Morgan fingerprint density at radius 3 is 2.07 bits per heavy atom. The van der Waals surface area contributed by atoms with Crippen LogP contribution in [0.3, 0.4) is 0 Å². The van der Waals surface area contributed by atoms with Crippen LogP contribution >= 0.6 is 0 Å². The molecule has 2 unspecified atom stereocenters. The number of likely N-dealkylation sites (N-methyl/N-ethyl adjacent to an activating group) is 1. The van der Waals surface area contributed by atoms with Crippen LogP contribution in [0.2, 0.25) is 0 Å². The highest BCUT2D eigenvalue weighted by Crippen LogP contribution is 2.12. The van der Waals surface area contributed by atoms with E-state index in [1.807, 2.05) is 0 Å². The van der Waals surface area contributed by atoms with Crippen molar-refractivity contribution < 1.29 is 4.74 Å². The molecule has 0 bridgehead atoms. The highest BCUT2D eigenvalue weighted by molar-refractivity contribution is 4.76. The first-order chi connectivity index (χ1) is 6.79. The van der Waals surface area contributed by atoms with E-state index in [0.717, 1.165) is 13.2 Å². The zero-order valence-electron chi connectivity index (χ0n) is 10.3. The average molecular weight is 201 g/mol. The maximum Gasteiger partial charge on any atom is 0.0727 e. The summed E-state index contributed by atoms with van der Waals surface area (Å²) in [5.74, 6) is 0. The van der Waals surface area contributed by atoms with Gasteiger partial charge in [0.05, 0.1) is 6.10 Å². The molecule has 2 atom stereocenters. The number of nitrogens with one attached hydrogen (secondary N) is 1. The van der Waals surface area contributed by atoms with Gasteiger partial charge in [-0.25, -0.2) is 0 Å². The summed E-state index contributed by atoms with van der Waals surface area (Å²) < 4.78 is 5.79. The Morgan fingerprint density at radius 2 is 1.64 bits per heavy atom. The van der Waals surface area contributed by atoms with Crippen molar-refractivity contribution in [1.29, 1.82) is 0 Å². The van der Waals surface area contributed by atoms with Gasteiger partial charge in [0.25, 0.3) is 0 Å². The van der Waals surface area contributed by atoms with Crippen LogP contribution in [0.5, 0.6) is 0 Å². The minimum Gasteiger partial charge on any atom is -0.377 e. The molecular weight excluding hydrogens is 174 g/mol. The molecule has 0 aromatic heterocycles. The summed E-state index contributed by atoms with van der Waals surface area (Å²) in [6.07, 6.45) is 5.23. The van der Waals surface area contributed by atoms with E-state index in [2.05, 4.69) is 33.0 Å². The van der Waals surface area contributed by atoms with Crippen molar-refractivity contribution >= 4 is 0 Å². The van der Waals surface area contributed by atoms with Crippen molar-refractivity contribution in [2.24, 2.45) is 0 Å². The van der Waals surface area contributed by atoms with Crippen LogP contribution in [-0.4, -0.2) is 25.3 Å². The molecule has 0 radical (unpaired) electrons. The van der Waals surface area contributed by atoms with Gasteiger partial charge in [-0.05, 0) is 26.3 Å². The second kappa shape index (κ2) is 9.47. The topological polar surface area (TPSA) is 21.3 Å². The first-order valence-electron chi connectivity index (χ1n) is 6.14. The lowest BCUT2D eigenvalue weighted by molar-refractivity contribution is 0.0261. The number of rotatable bonds is 9. The van der Waals surface area contributed by atoms with Crippen molar-refractivity contribution in [2.45, 2.75) is 65.5 Å². The maximum atomic E-state index is 5.79. The fourth-order valence-corrected chi connectivity index (χ4v) is 1.89. The molecule has 1 N–H and O–H groups in total. The van der Waals surface area contributed by atoms with Gasteiger partial charge in [-0.2, -0.15) is 0 Å². The lowest BCUT2D eigenvalue weighted by Crippen LogP contribution is -2.41. The molecule has 2 heteroatoms. The fraction of sp³-hybridized carbons (Fsp3) is 1.00. The third-order valence-corrected chi connectivity index (χ3v) is 2.47. The van der Waals surface area contributed by atoms with Gasteiger partial charge in [0.15, 0.2) is 0 Å². The molecule has 2 nitrogen and oxygen atoms in total. The van der Waals surface area contributed by atoms with Crippen molar-refractivity contribution in [3.63, 3.8) is 0 Å². The number of hydrogen-bond acceptors (Lipinski definition) is 2. The Bertz CT molecular complexity index is 90.9. The van der Waals surface area contributed by atoms with Crippen LogP contribution in [0.4, 0.5) is 0 Å². The summed E-state index contributed by atoms with van der Waals surface area (Å²) in [7, 11) is 0. The van der Waals surface area contributed by atoms with Crippen molar-refractivity contribution in [3.8, 4) is 0 Å². The highest BCUT2D eigenvalue weighted by Gasteiger charge is 2.18. The molecular formula is C12H27NO. The number of ether oxygens (including phenoxy) is 1. The Kier molecular flexibility index (Phi) is 9.42. The molecule has 0 saturated heterocycles. The van der Waals surface area contributed by atoms with E-state index in [1.165, 1.54) is 25.7 Å². The van der Waals surface area contributed by atoms with Crippen LogP contribution in [0.15, 0.2) is 0 Å². The van der Waals surface area contributed by atoms with Crippen LogP contribution in [0.25, 0.3) is 0 Å². The smallest absolute Gasteiger partial charge is 0.0727 e. The summed E-state index contributed by atoms with van der Waals surface area (Å²) >= 11 is 0. The van der Waals surface area contributed by atoms with E-state index in [0.29, 0.717) is 12.1 Å². The van der Waals surface area contributed by atoms with Crippen molar-refractivity contribution in [3.05, 3.63) is 0 Å². The highest BCUT2D eigenvalue weighted by atomic mass is 16.5. The second-order valence-electron chi connectivity index (χ2n) is 3.74. The van der Waals surface area contributed by atoms with Crippen molar-refractivity contribution in [2.75, 3.05) is 13.2 Å². The molecule has 0 aliphatic heterocycles. The molecule has 14 heavy (non-hydrogen) atoms. The summed E-state index contributed by atoms with van der Waals surface area (Å²) in [6, 6.07) is 0.546. The van der Waals surface area contributed by atoms with E-state index < -0.39 is 0 Å². The predicted molar refractivity (Wildman–Crippen MR) is 62.7 cm³/mol. The van der Waals surface area contributed by atoms with Crippen LogP contribution in [0.1, 0.15) is 53.4 Å². The average Bonchev–Trinajstić information content (AvgIpc) is 2.17. The van der Waals surface area contributed by atoms with Gasteiger partial charge in [0, 0.05) is 12.6 Å². The zero-order valence-corrected chi connectivity index (χ0v) is 10.3. The minimum atomic E-state index is 0.407. The summed E-state index contributed by atoms with van der Waals surface area (Å²) in [6.45, 7) is 10.6. The largest absolute Gasteiger partial charge is 0.377 e. The fourth-order valence-electron chi connectivity index (χ4n) is 1.89. The van der Waals surface area contributed by atoms with Crippen LogP contribution in [0, 0.1) is 0 Å². The minimum absolute atomic E-state index is 0.407. The molecule has 0 saturated carbocycles. The molecule has 0 aromatic carbocycles.